The molecule has 0 aliphatic carbocycles. The lowest BCUT2D eigenvalue weighted by Gasteiger charge is -2.23. The Kier molecular flexibility index (Phi) is 6.74. The fraction of sp³-hybridized carbons (Fsp3) is 0.458. The number of nitrogens with zero attached hydrogens (tertiary/aromatic N) is 2. The van der Waals surface area contributed by atoms with Crippen LogP contribution in [0.3, 0.4) is 0 Å². The zero-order valence-corrected chi connectivity index (χ0v) is 17.4. The highest BCUT2D eigenvalue weighted by Crippen LogP contribution is 2.37. The largest absolute Gasteiger partial charge is 0.320 e. The van der Waals surface area contributed by atoms with Gasteiger partial charge in [0.2, 0.25) is 5.91 Å². The minimum absolute atomic E-state index is 0.0218. The maximum absolute atomic E-state index is 13.2. The van der Waals surface area contributed by atoms with Gasteiger partial charge in [-0.3, -0.25) is 14.5 Å². The van der Waals surface area contributed by atoms with Gasteiger partial charge >= 0.3 is 0 Å². The molecule has 6 nitrogen and oxygen atoms in total. The number of carbonyl (C=O) groups is 2. The maximum Gasteiger partial charge on any atom is 0.259 e. The molecule has 158 valence electrons. The van der Waals surface area contributed by atoms with E-state index in [1.807, 2.05) is 24.3 Å². The van der Waals surface area contributed by atoms with Crippen molar-refractivity contribution >= 4 is 29.0 Å². The molecule has 0 radical (unpaired) electrons. The van der Waals surface area contributed by atoms with E-state index in [0.29, 0.717) is 35.2 Å². The zero-order valence-electron chi connectivity index (χ0n) is 17.4. The van der Waals surface area contributed by atoms with Crippen molar-refractivity contribution in [3.8, 4) is 0 Å². The van der Waals surface area contributed by atoms with E-state index in [0.717, 1.165) is 25.8 Å². The number of nitrogens with one attached hydrogen (secondary N) is 2. The highest BCUT2D eigenvalue weighted by atomic mass is 16.2. The second-order valence-corrected chi connectivity index (χ2v) is 8.17. The molecule has 3 heterocycles. The van der Waals surface area contributed by atoms with Crippen molar-refractivity contribution in [2.45, 2.75) is 63.8 Å². The molecule has 1 unspecified atom stereocenters. The van der Waals surface area contributed by atoms with Crippen LogP contribution in [0.1, 0.15) is 68.1 Å². The third-order valence-electron chi connectivity index (χ3n) is 5.99. The number of rotatable bonds is 6. The molecule has 4 rings (SSSR count). The van der Waals surface area contributed by atoms with Crippen LogP contribution >= 0.6 is 0 Å². The Labute approximate surface area is 178 Å². The number of aromatic nitrogens is 1. The summed E-state index contributed by atoms with van der Waals surface area (Å²) in [5.41, 5.74) is 1.73. The Morgan fingerprint density at radius 2 is 1.97 bits per heavy atom. The minimum Gasteiger partial charge on any atom is -0.320 e. The number of para-hydroxylation sites is 2. The molecule has 1 fully saturated rings. The van der Waals surface area contributed by atoms with E-state index in [1.54, 1.807) is 23.2 Å². The van der Waals surface area contributed by atoms with Crippen LogP contribution in [0, 0.1) is 0 Å². The first kappa shape index (κ1) is 20.5. The SMILES string of the molecule is O=C1Nc2ccccc2N(C(=O)CCCCCC2CCCCCN2)c2ncccc21. The molecule has 1 atom stereocenters. The molecule has 2 aliphatic rings. The maximum atomic E-state index is 13.2. The first-order valence-corrected chi connectivity index (χ1v) is 11.2. The van der Waals surface area contributed by atoms with Crippen molar-refractivity contribution in [3.63, 3.8) is 0 Å². The molecule has 30 heavy (non-hydrogen) atoms. The molecule has 2 N–H and O–H groups in total. The summed E-state index contributed by atoms with van der Waals surface area (Å²) in [4.78, 5) is 31.8. The van der Waals surface area contributed by atoms with Crippen LogP contribution in [0.2, 0.25) is 0 Å². The molecule has 6 heteroatoms. The van der Waals surface area contributed by atoms with E-state index in [-0.39, 0.29) is 11.8 Å². The number of pyridine rings is 1. The second kappa shape index (κ2) is 9.85. The molecular weight excluding hydrogens is 376 g/mol. The third-order valence-corrected chi connectivity index (χ3v) is 5.99. The Bertz CT molecular complexity index is 890. The van der Waals surface area contributed by atoms with Crippen molar-refractivity contribution in [3.05, 3.63) is 48.2 Å². The Hall–Kier alpha value is -2.73. The fourth-order valence-electron chi connectivity index (χ4n) is 4.39. The van der Waals surface area contributed by atoms with Gasteiger partial charge in [-0.1, -0.05) is 37.8 Å². The lowest BCUT2D eigenvalue weighted by Crippen LogP contribution is -2.28. The number of hydrogen-bond donors (Lipinski definition) is 2. The molecule has 2 aliphatic heterocycles. The average molecular weight is 407 g/mol. The number of amides is 2. The first-order chi connectivity index (χ1) is 14.7. The summed E-state index contributed by atoms with van der Waals surface area (Å²) < 4.78 is 0. The zero-order chi connectivity index (χ0) is 20.8. The number of carbonyl (C=O) groups excluding carboxylic acids is 2. The predicted molar refractivity (Wildman–Crippen MR) is 119 cm³/mol. The minimum atomic E-state index is -0.239. The van der Waals surface area contributed by atoms with Crippen LogP contribution in [-0.4, -0.2) is 29.4 Å². The topological polar surface area (TPSA) is 74.3 Å². The molecule has 0 spiro atoms. The highest BCUT2D eigenvalue weighted by Gasteiger charge is 2.29. The fourth-order valence-corrected chi connectivity index (χ4v) is 4.39. The smallest absolute Gasteiger partial charge is 0.259 e. The van der Waals surface area contributed by atoms with Gasteiger partial charge in [0.25, 0.3) is 5.91 Å². The quantitative estimate of drug-likeness (QED) is 0.676. The summed E-state index contributed by atoms with van der Waals surface area (Å²) in [6.45, 7) is 1.14. The van der Waals surface area contributed by atoms with Gasteiger partial charge < -0.3 is 10.6 Å². The summed E-state index contributed by atoms with van der Waals surface area (Å²) >= 11 is 0. The van der Waals surface area contributed by atoms with Gasteiger partial charge in [-0.2, -0.15) is 0 Å². The molecule has 0 saturated carbocycles. The lowest BCUT2D eigenvalue weighted by atomic mass is 10.0. The summed E-state index contributed by atoms with van der Waals surface area (Å²) in [6, 6.07) is 11.5. The molecular formula is C24H30N4O2. The van der Waals surface area contributed by atoms with Crippen molar-refractivity contribution in [2.24, 2.45) is 0 Å². The van der Waals surface area contributed by atoms with E-state index < -0.39 is 0 Å². The van der Waals surface area contributed by atoms with Gasteiger partial charge in [0.05, 0.1) is 16.9 Å². The number of fused-ring (bicyclic) bond motifs is 2. The van der Waals surface area contributed by atoms with E-state index in [4.69, 9.17) is 0 Å². The normalized spacial score (nSPS) is 18.6. The van der Waals surface area contributed by atoms with Crippen molar-refractivity contribution < 1.29 is 9.59 Å². The second-order valence-electron chi connectivity index (χ2n) is 8.17. The molecule has 1 aromatic carbocycles. The van der Waals surface area contributed by atoms with Gasteiger partial charge in [-0.15, -0.1) is 0 Å². The van der Waals surface area contributed by atoms with Gasteiger partial charge in [0.15, 0.2) is 5.82 Å². The predicted octanol–water partition coefficient (Wildman–Crippen LogP) is 4.79. The molecule has 2 amide bonds. The van der Waals surface area contributed by atoms with Gasteiger partial charge in [-0.25, -0.2) is 4.98 Å². The Balaban J connectivity index is 1.40. The van der Waals surface area contributed by atoms with E-state index in [9.17, 15) is 9.59 Å². The van der Waals surface area contributed by atoms with E-state index in [2.05, 4.69) is 15.6 Å². The number of benzene rings is 1. The average Bonchev–Trinajstić information content (AvgIpc) is 3.09. The first-order valence-electron chi connectivity index (χ1n) is 11.2. The number of unbranched alkanes of at least 4 members (excludes halogenated alkanes) is 2. The van der Waals surface area contributed by atoms with Crippen LogP contribution in [0.5, 0.6) is 0 Å². The van der Waals surface area contributed by atoms with Crippen molar-refractivity contribution in [2.75, 3.05) is 16.8 Å². The van der Waals surface area contributed by atoms with Crippen molar-refractivity contribution in [1.82, 2.24) is 10.3 Å². The lowest BCUT2D eigenvalue weighted by molar-refractivity contribution is -0.118. The van der Waals surface area contributed by atoms with Crippen LogP contribution in [0.4, 0.5) is 17.2 Å². The highest BCUT2D eigenvalue weighted by molar-refractivity contribution is 6.16. The van der Waals surface area contributed by atoms with Gasteiger partial charge in [0.1, 0.15) is 0 Å². The summed E-state index contributed by atoms with van der Waals surface area (Å²) in [5, 5.41) is 6.55. The standard InChI is InChI=1S/C24H30N4O2/c29-22(15-5-1-3-10-18-11-4-2-8-16-25-18)28-21-14-7-6-13-20(21)27-24(30)19-12-9-17-26-23(19)28/h6-7,9,12-14,17-18,25H,1-5,8,10-11,15-16H2,(H,27,30). The summed E-state index contributed by atoms with van der Waals surface area (Å²) in [7, 11) is 0. The molecule has 2 aromatic rings. The van der Waals surface area contributed by atoms with Crippen LogP contribution in [-0.2, 0) is 4.79 Å². The van der Waals surface area contributed by atoms with E-state index in [1.165, 1.54) is 32.1 Å². The van der Waals surface area contributed by atoms with Crippen LogP contribution < -0.4 is 15.5 Å². The van der Waals surface area contributed by atoms with Crippen LogP contribution in [0.15, 0.2) is 42.6 Å². The summed E-state index contributed by atoms with van der Waals surface area (Å²) in [5.74, 6) is 0.149. The molecule has 0 bridgehead atoms. The molecule has 1 saturated heterocycles. The molecule has 1 aromatic heterocycles. The number of hydrogen-bond acceptors (Lipinski definition) is 4. The number of anilines is 3. The Morgan fingerprint density at radius 3 is 2.90 bits per heavy atom. The Morgan fingerprint density at radius 1 is 1.07 bits per heavy atom. The third kappa shape index (κ3) is 4.70. The van der Waals surface area contributed by atoms with E-state index >= 15 is 0 Å². The van der Waals surface area contributed by atoms with Crippen LogP contribution in [0.25, 0.3) is 0 Å². The van der Waals surface area contributed by atoms with Gasteiger partial charge in [0, 0.05) is 18.7 Å². The summed E-state index contributed by atoms with van der Waals surface area (Å²) in [6.07, 6.45) is 11.5. The monoisotopic (exact) mass is 406 g/mol. The van der Waals surface area contributed by atoms with Crippen molar-refractivity contribution in [1.29, 1.82) is 0 Å². The van der Waals surface area contributed by atoms with Gasteiger partial charge in [-0.05, 0) is 56.5 Å².